The average molecular weight is 379 g/mol. The van der Waals surface area contributed by atoms with E-state index in [1.54, 1.807) is 6.07 Å². The highest BCUT2D eigenvalue weighted by atomic mass is 79.9. The van der Waals surface area contributed by atoms with Crippen LogP contribution in [0.2, 0.25) is 0 Å². The van der Waals surface area contributed by atoms with E-state index in [0.29, 0.717) is 10.7 Å². The molecule has 1 amide bonds. The largest absolute Gasteiger partial charge is 0.304 e. The quantitative estimate of drug-likeness (QED) is 0.843. The number of halogens is 2. The van der Waals surface area contributed by atoms with Gasteiger partial charge in [0.2, 0.25) is 0 Å². The van der Waals surface area contributed by atoms with Crippen molar-refractivity contribution < 1.29 is 4.79 Å². The van der Waals surface area contributed by atoms with E-state index in [1.165, 1.54) is 23.5 Å². The molecule has 0 aliphatic heterocycles. The molecule has 0 radical (unpaired) electrons. The molecule has 88 valence electrons. The number of hydrogen-bond acceptors (Lipinski definition) is 4. The van der Waals surface area contributed by atoms with Crippen LogP contribution < -0.4 is 10.9 Å². The van der Waals surface area contributed by atoms with Gasteiger partial charge in [-0.25, -0.2) is 5.10 Å². The minimum atomic E-state index is -0.315. The number of nitrogens with one attached hydrogen (secondary N) is 2. The molecule has 2 N–H and O–H groups in total. The highest BCUT2D eigenvalue weighted by molar-refractivity contribution is 9.13. The first-order valence-corrected chi connectivity index (χ1v) is 6.78. The molecule has 2 aromatic rings. The molecule has 0 aromatic carbocycles. The Hall–Kier alpha value is -0.990. The fraction of sp³-hybridized carbons (Fsp3) is 0. The maximum absolute atomic E-state index is 11.8. The molecule has 0 saturated carbocycles. The third-order valence-electron chi connectivity index (χ3n) is 1.79. The second-order valence-electron chi connectivity index (χ2n) is 2.99. The standard InChI is InChI=1S/C9H5Br2N3O2S/c10-4-3-5(17-8(4)11)9(16)12-6-1-2-7(15)14-13-6/h1-3H,(H,14,15)(H,12,13,16). The first-order valence-electron chi connectivity index (χ1n) is 4.38. The summed E-state index contributed by atoms with van der Waals surface area (Å²) in [6, 6.07) is 4.44. The van der Waals surface area contributed by atoms with Crippen LogP contribution in [0.1, 0.15) is 9.67 Å². The van der Waals surface area contributed by atoms with Crippen LogP contribution in [0.3, 0.4) is 0 Å². The topological polar surface area (TPSA) is 74.8 Å². The molecule has 5 nitrogen and oxygen atoms in total. The number of amides is 1. The van der Waals surface area contributed by atoms with Crippen molar-refractivity contribution in [1.29, 1.82) is 0 Å². The molecular formula is C9H5Br2N3O2S. The van der Waals surface area contributed by atoms with Gasteiger partial charge in [-0.15, -0.1) is 11.3 Å². The molecule has 8 heteroatoms. The predicted octanol–water partition coefficient (Wildman–Crippen LogP) is 2.61. The SMILES string of the molecule is O=C(Nc1ccc(=O)[nH]n1)c1cc(Br)c(Br)s1. The predicted molar refractivity (Wildman–Crippen MR) is 72.5 cm³/mol. The number of nitrogens with zero attached hydrogens (tertiary/aromatic N) is 1. The van der Waals surface area contributed by atoms with E-state index < -0.39 is 0 Å². The highest BCUT2D eigenvalue weighted by Crippen LogP contribution is 2.32. The van der Waals surface area contributed by atoms with Crippen molar-refractivity contribution in [1.82, 2.24) is 10.2 Å². The van der Waals surface area contributed by atoms with E-state index in [4.69, 9.17) is 0 Å². The Morgan fingerprint density at radius 3 is 2.71 bits per heavy atom. The maximum atomic E-state index is 11.8. The molecule has 0 fully saturated rings. The second kappa shape index (κ2) is 5.11. The fourth-order valence-electron chi connectivity index (χ4n) is 1.05. The van der Waals surface area contributed by atoms with E-state index in [-0.39, 0.29) is 11.5 Å². The van der Waals surface area contributed by atoms with Crippen LogP contribution in [0.5, 0.6) is 0 Å². The number of anilines is 1. The van der Waals surface area contributed by atoms with E-state index in [0.717, 1.165) is 8.26 Å². The molecule has 0 aliphatic rings. The van der Waals surface area contributed by atoms with Crippen LogP contribution in [0.25, 0.3) is 0 Å². The lowest BCUT2D eigenvalue weighted by atomic mass is 10.4. The third-order valence-corrected chi connectivity index (χ3v) is 5.04. The van der Waals surface area contributed by atoms with Gasteiger partial charge in [0, 0.05) is 10.5 Å². The van der Waals surface area contributed by atoms with Gasteiger partial charge in [0.25, 0.3) is 11.5 Å². The number of aromatic nitrogens is 2. The zero-order valence-electron chi connectivity index (χ0n) is 8.16. The number of aromatic amines is 1. The summed E-state index contributed by atoms with van der Waals surface area (Å²) >= 11 is 7.91. The van der Waals surface area contributed by atoms with Gasteiger partial charge in [0.05, 0.1) is 8.66 Å². The number of carbonyl (C=O) groups is 1. The number of H-pyrrole nitrogens is 1. The van der Waals surface area contributed by atoms with Gasteiger partial charge in [-0.3, -0.25) is 9.59 Å². The zero-order valence-corrected chi connectivity index (χ0v) is 12.1. The molecular weight excluding hydrogens is 374 g/mol. The van der Waals surface area contributed by atoms with Crippen LogP contribution in [-0.4, -0.2) is 16.1 Å². The van der Waals surface area contributed by atoms with Crippen molar-refractivity contribution in [3.8, 4) is 0 Å². The third kappa shape index (κ3) is 3.02. The summed E-state index contributed by atoms with van der Waals surface area (Å²) in [5.74, 6) is 0.0243. The monoisotopic (exact) mass is 377 g/mol. The number of hydrogen-bond donors (Lipinski definition) is 2. The molecule has 0 saturated heterocycles. The maximum Gasteiger partial charge on any atom is 0.267 e. The summed E-state index contributed by atoms with van der Waals surface area (Å²) in [6.07, 6.45) is 0. The minimum absolute atomic E-state index is 0.277. The van der Waals surface area contributed by atoms with E-state index in [9.17, 15) is 9.59 Å². The van der Waals surface area contributed by atoms with Gasteiger partial charge in [-0.2, -0.15) is 5.10 Å². The molecule has 17 heavy (non-hydrogen) atoms. The van der Waals surface area contributed by atoms with Crippen molar-refractivity contribution in [2.75, 3.05) is 5.32 Å². The van der Waals surface area contributed by atoms with Crippen molar-refractivity contribution >= 4 is 54.9 Å². The summed E-state index contributed by atoms with van der Waals surface area (Å²) in [5, 5.41) is 8.50. The minimum Gasteiger partial charge on any atom is -0.304 e. The normalized spacial score (nSPS) is 10.2. The lowest BCUT2D eigenvalue weighted by Crippen LogP contribution is -2.14. The number of rotatable bonds is 2. The lowest BCUT2D eigenvalue weighted by Gasteiger charge is -2.00. The first kappa shape index (κ1) is 12.5. The Balaban J connectivity index is 2.16. The van der Waals surface area contributed by atoms with Crippen molar-refractivity contribution in [3.63, 3.8) is 0 Å². The number of carbonyl (C=O) groups excluding carboxylic acids is 1. The number of thiophene rings is 1. The smallest absolute Gasteiger partial charge is 0.267 e. The Morgan fingerprint density at radius 2 is 2.18 bits per heavy atom. The van der Waals surface area contributed by atoms with E-state index in [1.807, 2.05) is 0 Å². The summed E-state index contributed by atoms with van der Waals surface area (Å²) in [7, 11) is 0. The van der Waals surface area contributed by atoms with Crippen LogP contribution >= 0.6 is 43.2 Å². The van der Waals surface area contributed by atoms with Gasteiger partial charge in [-0.1, -0.05) is 0 Å². The molecule has 2 heterocycles. The molecule has 0 aliphatic carbocycles. The van der Waals surface area contributed by atoms with Crippen molar-refractivity contribution in [3.05, 3.63) is 41.7 Å². The van der Waals surface area contributed by atoms with Gasteiger partial charge in [-0.05, 0) is 44.0 Å². The van der Waals surface area contributed by atoms with Crippen LogP contribution in [0.4, 0.5) is 5.82 Å². The summed E-state index contributed by atoms with van der Waals surface area (Å²) in [4.78, 5) is 23.1. The fourth-order valence-corrected chi connectivity index (χ4v) is 2.98. The van der Waals surface area contributed by atoms with Gasteiger partial charge >= 0.3 is 0 Å². The van der Waals surface area contributed by atoms with Crippen molar-refractivity contribution in [2.24, 2.45) is 0 Å². The first-order chi connectivity index (χ1) is 8.06. The second-order valence-corrected chi connectivity index (χ2v) is 6.22. The van der Waals surface area contributed by atoms with Crippen molar-refractivity contribution in [2.45, 2.75) is 0 Å². The lowest BCUT2D eigenvalue weighted by molar-refractivity contribution is 0.103. The Kier molecular flexibility index (Phi) is 3.75. The Bertz CT molecular complexity index is 583. The van der Waals surface area contributed by atoms with E-state index >= 15 is 0 Å². The van der Waals surface area contributed by atoms with Gasteiger partial charge in [0.15, 0.2) is 5.82 Å². The summed E-state index contributed by atoms with van der Waals surface area (Å²) < 4.78 is 1.67. The van der Waals surface area contributed by atoms with Crippen LogP contribution in [0.15, 0.2) is 31.3 Å². The van der Waals surface area contributed by atoms with E-state index in [2.05, 4.69) is 47.4 Å². The Labute approximate surface area is 117 Å². The summed E-state index contributed by atoms with van der Waals surface area (Å²) in [5.41, 5.74) is -0.315. The Morgan fingerprint density at radius 1 is 1.41 bits per heavy atom. The molecule has 0 bridgehead atoms. The molecule has 0 atom stereocenters. The average Bonchev–Trinajstić information content (AvgIpc) is 2.63. The molecule has 2 rings (SSSR count). The molecule has 0 unspecified atom stereocenters. The summed E-state index contributed by atoms with van der Waals surface area (Å²) in [6.45, 7) is 0. The zero-order chi connectivity index (χ0) is 12.4. The van der Waals surface area contributed by atoms with Gasteiger partial charge in [0.1, 0.15) is 0 Å². The molecule has 0 spiro atoms. The van der Waals surface area contributed by atoms with Crippen LogP contribution in [0, 0.1) is 0 Å². The molecule has 2 aromatic heterocycles. The van der Waals surface area contributed by atoms with Crippen LogP contribution in [-0.2, 0) is 0 Å². The van der Waals surface area contributed by atoms with Gasteiger partial charge < -0.3 is 5.32 Å². The highest BCUT2D eigenvalue weighted by Gasteiger charge is 2.12.